The van der Waals surface area contributed by atoms with Crippen LogP contribution in [0, 0.1) is 0 Å². The third-order valence-corrected chi connectivity index (χ3v) is 6.19. The fourth-order valence-electron chi connectivity index (χ4n) is 4.24. The molecule has 5 rings (SSSR count). The first-order valence-corrected chi connectivity index (χ1v) is 11.9. The smallest absolute Gasteiger partial charge is 0.254 e. The molecule has 8 heteroatoms. The van der Waals surface area contributed by atoms with Gasteiger partial charge in [0.15, 0.2) is 0 Å². The van der Waals surface area contributed by atoms with E-state index in [0.717, 1.165) is 55.6 Å². The lowest BCUT2D eigenvalue weighted by Crippen LogP contribution is -2.28. The molecule has 0 unspecified atom stereocenters. The molecule has 0 atom stereocenters. The van der Waals surface area contributed by atoms with Crippen LogP contribution in [0.25, 0.3) is 0 Å². The summed E-state index contributed by atoms with van der Waals surface area (Å²) in [5.74, 6) is 2.66. The summed E-state index contributed by atoms with van der Waals surface area (Å²) in [6.45, 7) is 4.65. The van der Waals surface area contributed by atoms with Gasteiger partial charge in [0, 0.05) is 45.6 Å². The first kappa shape index (κ1) is 22.9. The van der Waals surface area contributed by atoms with E-state index >= 15 is 0 Å². The third kappa shape index (κ3) is 5.96. The number of nitrogens with one attached hydrogen (secondary N) is 1. The van der Waals surface area contributed by atoms with Crippen LogP contribution in [0.4, 0.5) is 0 Å². The van der Waals surface area contributed by atoms with Crippen LogP contribution in [-0.2, 0) is 32.5 Å². The highest BCUT2D eigenvalue weighted by Crippen LogP contribution is 2.17. The molecule has 0 spiro atoms. The Labute approximate surface area is 204 Å². The lowest BCUT2D eigenvalue weighted by molar-refractivity contribution is 0.0953. The number of hydrogen-bond acceptors (Lipinski definition) is 6. The van der Waals surface area contributed by atoms with E-state index in [4.69, 9.17) is 9.15 Å². The summed E-state index contributed by atoms with van der Waals surface area (Å²) in [5, 5.41) is 11.7. The first-order valence-electron chi connectivity index (χ1n) is 11.9. The quantitative estimate of drug-likeness (QED) is 0.402. The minimum Gasteiger partial charge on any atom is -0.489 e. The third-order valence-electron chi connectivity index (χ3n) is 6.19. The molecule has 2 aromatic heterocycles. The van der Waals surface area contributed by atoms with Crippen molar-refractivity contribution in [2.75, 3.05) is 19.6 Å². The van der Waals surface area contributed by atoms with E-state index in [1.807, 2.05) is 30.3 Å². The molecule has 0 aliphatic carbocycles. The largest absolute Gasteiger partial charge is 0.489 e. The molecule has 0 radical (unpaired) electrons. The fraction of sp³-hybridized carbons (Fsp3) is 0.296. The highest BCUT2D eigenvalue weighted by Gasteiger charge is 2.19. The number of nitrogens with zero attached hydrogens (tertiary/aromatic N) is 4. The molecule has 0 saturated heterocycles. The summed E-state index contributed by atoms with van der Waals surface area (Å²) in [6.07, 6.45) is 4.43. The van der Waals surface area contributed by atoms with Gasteiger partial charge in [0.25, 0.3) is 5.91 Å². The van der Waals surface area contributed by atoms with Crippen LogP contribution in [0.1, 0.15) is 33.1 Å². The second kappa shape index (κ2) is 11.0. The molecule has 35 heavy (non-hydrogen) atoms. The zero-order valence-corrected chi connectivity index (χ0v) is 19.6. The summed E-state index contributed by atoms with van der Waals surface area (Å²) in [6, 6.07) is 20.2. The second-order valence-electron chi connectivity index (χ2n) is 8.65. The molecule has 1 N–H and O–H groups in total. The van der Waals surface area contributed by atoms with Gasteiger partial charge in [-0.1, -0.05) is 42.5 Å². The van der Waals surface area contributed by atoms with E-state index in [0.29, 0.717) is 25.1 Å². The normalized spacial score (nSPS) is 13.7. The van der Waals surface area contributed by atoms with Gasteiger partial charge in [-0.25, -0.2) is 0 Å². The van der Waals surface area contributed by atoms with Crippen LogP contribution in [0.5, 0.6) is 5.75 Å². The molecule has 4 aromatic rings. The Kier molecular flexibility index (Phi) is 7.19. The number of amides is 1. The van der Waals surface area contributed by atoms with Gasteiger partial charge in [0.2, 0.25) is 0 Å². The average Bonchev–Trinajstić information content (AvgIpc) is 3.52. The van der Waals surface area contributed by atoms with Crippen molar-refractivity contribution < 1.29 is 13.9 Å². The summed E-state index contributed by atoms with van der Waals surface area (Å²) in [4.78, 5) is 14.5. The fourth-order valence-corrected chi connectivity index (χ4v) is 4.24. The van der Waals surface area contributed by atoms with E-state index in [1.54, 1.807) is 6.07 Å². The molecular formula is C27H29N5O3. The van der Waals surface area contributed by atoms with Crippen molar-refractivity contribution in [3.8, 4) is 5.75 Å². The molecule has 2 aromatic carbocycles. The van der Waals surface area contributed by atoms with Gasteiger partial charge in [-0.05, 0) is 29.3 Å². The van der Waals surface area contributed by atoms with E-state index < -0.39 is 0 Å². The number of fused-ring (bicyclic) bond motifs is 1. The second-order valence-corrected chi connectivity index (χ2v) is 8.65. The predicted octanol–water partition coefficient (Wildman–Crippen LogP) is 3.48. The SMILES string of the molecule is O=C(NCCc1nnc2n1CCN(Cc1ccc(OCc3ccccc3)cc1)CC2)c1ccoc1. The maximum atomic E-state index is 12.1. The van der Waals surface area contributed by atoms with Gasteiger partial charge in [-0.3, -0.25) is 9.69 Å². The topological polar surface area (TPSA) is 85.4 Å². The zero-order valence-electron chi connectivity index (χ0n) is 19.6. The summed E-state index contributed by atoms with van der Waals surface area (Å²) in [5.41, 5.74) is 2.95. The number of ether oxygens (including phenoxy) is 1. The van der Waals surface area contributed by atoms with E-state index in [1.165, 1.54) is 18.1 Å². The van der Waals surface area contributed by atoms with E-state index in [2.05, 4.69) is 49.2 Å². The number of benzene rings is 2. The van der Waals surface area contributed by atoms with Crippen molar-refractivity contribution in [2.24, 2.45) is 0 Å². The van der Waals surface area contributed by atoms with Gasteiger partial charge >= 0.3 is 0 Å². The van der Waals surface area contributed by atoms with Crippen molar-refractivity contribution in [3.05, 3.63) is 102 Å². The van der Waals surface area contributed by atoms with Crippen molar-refractivity contribution in [3.63, 3.8) is 0 Å². The van der Waals surface area contributed by atoms with Crippen molar-refractivity contribution in [1.82, 2.24) is 25.0 Å². The lowest BCUT2D eigenvalue weighted by atomic mass is 10.2. The van der Waals surface area contributed by atoms with Crippen LogP contribution in [0.2, 0.25) is 0 Å². The van der Waals surface area contributed by atoms with Crippen molar-refractivity contribution in [1.29, 1.82) is 0 Å². The Morgan fingerprint density at radius 2 is 1.83 bits per heavy atom. The Morgan fingerprint density at radius 1 is 0.971 bits per heavy atom. The molecule has 180 valence electrons. The van der Waals surface area contributed by atoms with Crippen LogP contribution in [-0.4, -0.2) is 45.2 Å². The standard InChI is InChI=1S/C27H29N5O3/c33-27(23-12-17-34-20-23)28-13-10-25-29-30-26-11-14-31(15-16-32(25)26)18-21-6-8-24(9-7-21)35-19-22-4-2-1-3-5-22/h1-9,12,17,20H,10-11,13-16,18-19H2,(H,28,33). The van der Waals surface area contributed by atoms with Crippen LogP contribution >= 0.6 is 0 Å². The van der Waals surface area contributed by atoms with Crippen LogP contribution < -0.4 is 10.1 Å². The monoisotopic (exact) mass is 471 g/mol. The Morgan fingerprint density at radius 3 is 2.63 bits per heavy atom. The average molecular weight is 472 g/mol. The van der Waals surface area contributed by atoms with Gasteiger partial charge in [-0.15, -0.1) is 10.2 Å². The number of rotatable bonds is 9. The van der Waals surface area contributed by atoms with Gasteiger partial charge in [0.05, 0.1) is 11.8 Å². The van der Waals surface area contributed by atoms with E-state index in [-0.39, 0.29) is 5.91 Å². The molecular weight excluding hydrogens is 442 g/mol. The molecule has 0 bridgehead atoms. The summed E-state index contributed by atoms with van der Waals surface area (Å²) in [7, 11) is 0. The van der Waals surface area contributed by atoms with Crippen LogP contribution in [0.3, 0.4) is 0 Å². The molecule has 0 fully saturated rings. The highest BCUT2D eigenvalue weighted by atomic mass is 16.5. The zero-order chi connectivity index (χ0) is 23.9. The minimum absolute atomic E-state index is 0.142. The lowest BCUT2D eigenvalue weighted by Gasteiger charge is -2.20. The predicted molar refractivity (Wildman–Crippen MR) is 131 cm³/mol. The van der Waals surface area contributed by atoms with Gasteiger partial charge < -0.3 is 19.0 Å². The number of aromatic nitrogens is 3. The Balaban J connectivity index is 1.10. The number of carbonyl (C=O) groups excluding carboxylic acids is 1. The molecule has 0 saturated carbocycles. The molecule has 1 aliphatic rings. The first-order chi connectivity index (χ1) is 17.2. The Bertz CT molecular complexity index is 1220. The summed E-state index contributed by atoms with van der Waals surface area (Å²) < 4.78 is 13.1. The van der Waals surface area contributed by atoms with E-state index in [9.17, 15) is 4.79 Å². The van der Waals surface area contributed by atoms with Crippen LogP contribution in [0.15, 0.2) is 77.6 Å². The minimum atomic E-state index is -0.142. The molecule has 8 nitrogen and oxygen atoms in total. The number of furan rings is 1. The van der Waals surface area contributed by atoms with Gasteiger partial charge in [0.1, 0.15) is 30.3 Å². The molecule has 1 aliphatic heterocycles. The van der Waals surface area contributed by atoms with Gasteiger partial charge in [-0.2, -0.15) is 0 Å². The number of carbonyl (C=O) groups is 1. The maximum absolute atomic E-state index is 12.1. The van der Waals surface area contributed by atoms with Crippen molar-refractivity contribution in [2.45, 2.75) is 32.5 Å². The molecule has 3 heterocycles. The van der Waals surface area contributed by atoms with Crippen molar-refractivity contribution >= 4 is 5.91 Å². The highest BCUT2D eigenvalue weighted by molar-refractivity contribution is 5.93. The Hall–Kier alpha value is -3.91. The maximum Gasteiger partial charge on any atom is 0.254 e. The molecule has 1 amide bonds. The number of hydrogen-bond donors (Lipinski definition) is 1. The summed E-state index contributed by atoms with van der Waals surface area (Å²) >= 11 is 0.